The van der Waals surface area contributed by atoms with Crippen LogP contribution in [0.5, 0.6) is 5.75 Å². The van der Waals surface area contributed by atoms with Gasteiger partial charge in [0.05, 0.1) is 17.5 Å². The van der Waals surface area contributed by atoms with Crippen molar-refractivity contribution < 1.29 is 14.8 Å². The van der Waals surface area contributed by atoms with Crippen molar-refractivity contribution in [1.29, 1.82) is 0 Å². The van der Waals surface area contributed by atoms with Crippen LogP contribution in [0.1, 0.15) is 11.3 Å². The van der Waals surface area contributed by atoms with E-state index in [2.05, 4.69) is 9.97 Å². The molecule has 2 N–H and O–H groups in total. The highest BCUT2D eigenvalue weighted by Crippen LogP contribution is 2.22. The van der Waals surface area contributed by atoms with Gasteiger partial charge < -0.3 is 14.8 Å². The highest BCUT2D eigenvalue weighted by molar-refractivity contribution is 5.85. The molecule has 25 heavy (non-hydrogen) atoms. The standard InChI is InChI=1S/C17H13N3O5/c1-25-11-7-5-10(6-8-11)15(21)9-13-17(22)19-16-12(18-13)3-2-4-14(16)20(23)24/h2-9,21H,1H3,(H,19,22). The molecule has 0 unspecified atom stereocenters. The lowest BCUT2D eigenvalue weighted by molar-refractivity contribution is -0.383. The number of hydrogen-bond donors (Lipinski definition) is 2. The van der Waals surface area contributed by atoms with E-state index in [-0.39, 0.29) is 28.2 Å². The summed E-state index contributed by atoms with van der Waals surface area (Å²) >= 11 is 0. The lowest BCUT2D eigenvalue weighted by atomic mass is 10.1. The summed E-state index contributed by atoms with van der Waals surface area (Å²) in [5.74, 6) is 0.468. The van der Waals surface area contributed by atoms with E-state index in [1.165, 1.54) is 25.3 Å². The third-order valence-electron chi connectivity index (χ3n) is 3.59. The number of aromatic nitrogens is 2. The van der Waals surface area contributed by atoms with E-state index < -0.39 is 10.5 Å². The first-order chi connectivity index (χ1) is 12.0. The molecule has 0 aliphatic carbocycles. The second kappa shape index (κ2) is 6.44. The van der Waals surface area contributed by atoms with Gasteiger partial charge >= 0.3 is 0 Å². The Labute approximate surface area is 141 Å². The van der Waals surface area contributed by atoms with Crippen molar-refractivity contribution >= 4 is 28.6 Å². The molecule has 0 atom stereocenters. The van der Waals surface area contributed by atoms with Crippen LogP contribution in [-0.2, 0) is 0 Å². The van der Waals surface area contributed by atoms with Crippen LogP contribution in [-0.4, -0.2) is 27.1 Å². The van der Waals surface area contributed by atoms with E-state index in [0.29, 0.717) is 11.3 Å². The number of aliphatic hydroxyl groups excluding tert-OH is 1. The summed E-state index contributed by atoms with van der Waals surface area (Å²) in [6.07, 6.45) is 1.21. The Morgan fingerprint density at radius 1 is 1.28 bits per heavy atom. The van der Waals surface area contributed by atoms with Crippen molar-refractivity contribution in [3.63, 3.8) is 0 Å². The van der Waals surface area contributed by atoms with Crippen molar-refractivity contribution in [3.05, 3.63) is 74.2 Å². The zero-order valence-corrected chi connectivity index (χ0v) is 13.1. The van der Waals surface area contributed by atoms with Crippen molar-refractivity contribution in [2.24, 2.45) is 0 Å². The number of nitro benzene ring substituents is 1. The number of nitro groups is 1. The molecule has 8 heteroatoms. The molecule has 1 aromatic heterocycles. The van der Waals surface area contributed by atoms with E-state index in [9.17, 15) is 20.0 Å². The highest BCUT2D eigenvalue weighted by Gasteiger charge is 2.14. The molecule has 8 nitrogen and oxygen atoms in total. The summed E-state index contributed by atoms with van der Waals surface area (Å²) in [5, 5.41) is 21.2. The van der Waals surface area contributed by atoms with Gasteiger partial charge in [-0.1, -0.05) is 6.07 Å². The fourth-order valence-corrected chi connectivity index (χ4v) is 2.33. The van der Waals surface area contributed by atoms with Crippen LogP contribution in [0.15, 0.2) is 47.3 Å². The number of rotatable bonds is 4. The average Bonchev–Trinajstić information content (AvgIpc) is 2.61. The fourth-order valence-electron chi connectivity index (χ4n) is 2.33. The van der Waals surface area contributed by atoms with E-state index >= 15 is 0 Å². The van der Waals surface area contributed by atoms with Gasteiger partial charge in [-0.15, -0.1) is 0 Å². The molecule has 0 aliphatic heterocycles. The van der Waals surface area contributed by atoms with E-state index in [1.807, 2.05) is 0 Å². The molecule has 3 aromatic rings. The molecule has 2 aromatic carbocycles. The molecule has 0 saturated carbocycles. The SMILES string of the molecule is COc1ccc(C(O)=Cc2nc3cccc([N+](=O)[O-])c3[nH]c2=O)cc1. The van der Waals surface area contributed by atoms with Crippen molar-refractivity contribution in [2.75, 3.05) is 7.11 Å². The van der Waals surface area contributed by atoms with Gasteiger partial charge in [0.1, 0.15) is 22.7 Å². The van der Waals surface area contributed by atoms with Gasteiger partial charge in [0.15, 0.2) is 0 Å². The van der Waals surface area contributed by atoms with E-state index in [0.717, 1.165) is 0 Å². The van der Waals surface area contributed by atoms with Crippen LogP contribution < -0.4 is 10.3 Å². The quantitative estimate of drug-likeness (QED) is 0.428. The van der Waals surface area contributed by atoms with Crippen LogP contribution in [0.25, 0.3) is 22.9 Å². The first-order valence-electron chi connectivity index (χ1n) is 7.22. The number of nitrogens with zero attached hydrogens (tertiary/aromatic N) is 2. The summed E-state index contributed by atoms with van der Waals surface area (Å²) < 4.78 is 5.04. The third-order valence-corrected chi connectivity index (χ3v) is 3.59. The Bertz CT molecular complexity index is 1040. The maximum absolute atomic E-state index is 12.2. The lowest BCUT2D eigenvalue weighted by Gasteiger charge is -2.04. The molecule has 1 heterocycles. The first-order valence-corrected chi connectivity index (χ1v) is 7.22. The van der Waals surface area contributed by atoms with Gasteiger partial charge in [-0.3, -0.25) is 14.9 Å². The van der Waals surface area contributed by atoms with Crippen molar-refractivity contribution in [1.82, 2.24) is 9.97 Å². The minimum Gasteiger partial charge on any atom is -0.507 e. The molecule has 0 aliphatic rings. The Balaban J connectivity index is 2.07. The monoisotopic (exact) mass is 339 g/mol. The summed E-state index contributed by atoms with van der Waals surface area (Å²) in [4.78, 5) is 29.1. The van der Waals surface area contributed by atoms with Crippen molar-refractivity contribution in [3.8, 4) is 5.75 Å². The molecule has 0 amide bonds. The van der Waals surface area contributed by atoms with Crippen molar-refractivity contribution in [2.45, 2.75) is 0 Å². The molecule has 0 radical (unpaired) electrons. The zero-order chi connectivity index (χ0) is 18.0. The number of aromatic amines is 1. The molecule has 0 bridgehead atoms. The summed E-state index contributed by atoms with van der Waals surface area (Å²) in [7, 11) is 1.53. The van der Waals surface area contributed by atoms with Crippen LogP contribution in [0, 0.1) is 10.1 Å². The number of non-ortho nitro benzene ring substituents is 1. The van der Waals surface area contributed by atoms with Crippen LogP contribution in [0.2, 0.25) is 0 Å². The largest absolute Gasteiger partial charge is 0.507 e. The lowest BCUT2D eigenvalue weighted by Crippen LogP contribution is -2.13. The molecule has 3 rings (SSSR count). The predicted molar refractivity (Wildman–Crippen MR) is 92.5 cm³/mol. The number of benzene rings is 2. The van der Waals surface area contributed by atoms with E-state index in [4.69, 9.17) is 4.74 Å². The van der Waals surface area contributed by atoms with Gasteiger partial charge in [-0.25, -0.2) is 4.98 Å². The number of nitrogens with one attached hydrogen (secondary N) is 1. The summed E-state index contributed by atoms with van der Waals surface area (Å²) in [5.41, 5.74) is -0.164. The summed E-state index contributed by atoms with van der Waals surface area (Å²) in [6.45, 7) is 0. The minimum atomic E-state index is -0.637. The predicted octanol–water partition coefficient (Wildman–Crippen LogP) is 2.90. The fraction of sp³-hybridized carbons (Fsp3) is 0.0588. The molecule has 126 valence electrons. The van der Waals surface area contributed by atoms with Crippen LogP contribution >= 0.6 is 0 Å². The number of para-hydroxylation sites is 1. The van der Waals surface area contributed by atoms with Gasteiger partial charge in [0.2, 0.25) is 0 Å². The van der Waals surface area contributed by atoms with Gasteiger partial charge in [0.25, 0.3) is 11.2 Å². The normalized spacial score (nSPS) is 11.5. The molecule has 0 spiro atoms. The Hall–Kier alpha value is -3.68. The Kier molecular flexibility index (Phi) is 4.17. The smallest absolute Gasteiger partial charge is 0.295 e. The van der Waals surface area contributed by atoms with Gasteiger partial charge in [-0.2, -0.15) is 0 Å². The second-order valence-electron chi connectivity index (χ2n) is 5.14. The number of fused-ring (bicyclic) bond motifs is 1. The topological polar surface area (TPSA) is 118 Å². The maximum Gasteiger partial charge on any atom is 0.295 e. The zero-order valence-electron chi connectivity index (χ0n) is 13.1. The highest BCUT2D eigenvalue weighted by atomic mass is 16.6. The average molecular weight is 339 g/mol. The first kappa shape index (κ1) is 16.2. The second-order valence-corrected chi connectivity index (χ2v) is 5.14. The van der Waals surface area contributed by atoms with Crippen LogP contribution in [0.3, 0.4) is 0 Å². The number of hydrogen-bond acceptors (Lipinski definition) is 6. The molecular formula is C17H13N3O5. The molecule has 0 saturated heterocycles. The van der Waals surface area contributed by atoms with Gasteiger partial charge in [0, 0.05) is 17.7 Å². The van der Waals surface area contributed by atoms with Gasteiger partial charge in [-0.05, 0) is 30.3 Å². The minimum absolute atomic E-state index is 0.0404. The van der Waals surface area contributed by atoms with E-state index in [1.54, 1.807) is 30.3 Å². The summed E-state index contributed by atoms with van der Waals surface area (Å²) in [6, 6.07) is 10.9. The molecule has 0 fully saturated rings. The number of ether oxygens (including phenoxy) is 1. The number of aliphatic hydroxyl groups is 1. The molecular weight excluding hydrogens is 326 g/mol. The third kappa shape index (κ3) is 3.18. The Morgan fingerprint density at radius 2 is 2.00 bits per heavy atom. The number of methoxy groups -OCH3 is 1. The Morgan fingerprint density at radius 3 is 2.64 bits per heavy atom. The van der Waals surface area contributed by atoms with Crippen LogP contribution in [0.4, 0.5) is 5.69 Å². The number of H-pyrrole nitrogens is 1. The maximum atomic E-state index is 12.2.